The lowest BCUT2D eigenvalue weighted by atomic mass is 9.80. The molecule has 0 amide bonds. The summed E-state index contributed by atoms with van der Waals surface area (Å²) in [6.07, 6.45) is 4.21. The molecule has 0 unspecified atom stereocenters. The molecule has 1 N–H and O–H groups in total. The number of nitrogens with zero attached hydrogens (tertiary/aromatic N) is 3. The van der Waals surface area contributed by atoms with E-state index in [2.05, 4.69) is 15.3 Å². The van der Waals surface area contributed by atoms with Crippen molar-refractivity contribution in [1.29, 1.82) is 0 Å². The minimum Gasteiger partial charge on any atom is -0.476 e. The molecular weight excluding hydrogens is 252 g/mol. The number of hydrogen-bond acceptors (Lipinski definition) is 7. The fourth-order valence-corrected chi connectivity index (χ4v) is 2.07. The lowest BCUT2D eigenvalue weighted by molar-refractivity contribution is -0.385. The minimum atomic E-state index is -0.554. The zero-order chi connectivity index (χ0) is 13.9. The molecule has 1 heterocycles. The first-order valence-electron chi connectivity index (χ1n) is 5.94. The van der Waals surface area contributed by atoms with Crippen LogP contribution < -0.4 is 10.1 Å². The van der Waals surface area contributed by atoms with Crippen LogP contribution in [0.25, 0.3) is 0 Å². The summed E-state index contributed by atoms with van der Waals surface area (Å²) in [6.45, 7) is 0.477. The summed E-state index contributed by atoms with van der Waals surface area (Å²) < 4.78 is 10.3. The van der Waals surface area contributed by atoms with Crippen LogP contribution >= 0.6 is 0 Å². The Morgan fingerprint density at radius 3 is 2.68 bits per heavy atom. The van der Waals surface area contributed by atoms with Gasteiger partial charge in [0.05, 0.1) is 17.6 Å². The summed E-state index contributed by atoms with van der Waals surface area (Å²) >= 11 is 0. The van der Waals surface area contributed by atoms with E-state index in [1.165, 1.54) is 13.4 Å². The Labute approximate surface area is 110 Å². The van der Waals surface area contributed by atoms with Gasteiger partial charge in [0.2, 0.25) is 5.82 Å². The molecule has 1 fully saturated rings. The van der Waals surface area contributed by atoms with Gasteiger partial charge in [-0.05, 0) is 19.3 Å². The van der Waals surface area contributed by atoms with Gasteiger partial charge in [0.1, 0.15) is 6.33 Å². The molecule has 8 heteroatoms. The molecule has 0 aliphatic heterocycles. The van der Waals surface area contributed by atoms with Crippen molar-refractivity contribution in [2.75, 3.05) is 26.1 Å². The number of nitrogens with one attached hydrogen (secondary N) is 1. The highest BCUT2D eigenvalue weighted by Gasteiger charge is 2.37. The van der Waals surface area contributed by atoms with E-state index in [9.17, 15) is 10.1 Å². The summed E-state index contributed by atoms with van der Waals surface area (Å²) in [6, 6.07) is 0. The van der Waals surface area contributed by atoms with Gasteiger partial charge in [-0.1, -0.05) is 0 Å². The second-order valence-electron chi connectivity index (χ2n) is 4.43. The molecular formula is C11H16N4O4. The third kappa shape index (κ3) is 2.58. The Balaban J connectivity index is 2.18. The lowest BCUT2D eigenvalue weighted by Gasteiger charge is -2.40. The van der Waals surface area contributed by atoms with Crippen molar-refractivity contribution in [3.63, 3.8) is 0 Å². The Morgan fingerprint density at radius 1 is 1.47 bits per heavy atom. The third-order valence-corrected chi connectivity index (χ3v) is 3.44. The number of nitro groups is 1. The summed E-state index contributed by atoms with van der Waals surface area (Å²) in [5.41, 5.74) is -0.498. The zero-order valence-electron chi connectivity index (χ0n) is 10.9. The molecule has 2 rings (SSSR count). The Morgan fingerprint density at radius 2 is 2.21 bits per heavy atom. The fraction of sp³-hybridized carbons (Fsp3) is 0.636. The van der Waals surface area contributed by atoms with Gasteiger partial charge in [0, 0.05) is 13.7 Å². The van der Waals surface area contributed by atoms with Crippen molar-refractivity contribution in [2.24, 2.45) is 0 Å². The predicted molar refractivity (Wildman–Crippen MR) is 67.3 cm³/mol. The van der Waals surface area contributed by atoms with E-state index in [4.69, 9.17) is 9.47 Å². The van der Waals surface area contributed by atoms with E-state index in [0.717, 1.165) is 19.3 Å². The molecule has 0 saturated heterocycles. The quantitative estimate of drug-likeness (QED) is 0.614. The third-order valence-electron chi connectivity index (χ3n) is 3.44. The monoisotopic (exact) mass is 268 g/mol. The Kier molecular flexibility index (Phi) is 3.79. The summed E-state index contributed by atoms with van der Waals surface area (Å²) in [7, 11) is 2.98. The molecule has 1 aliphatic carbocycles. The van der Waals surface area contributed by atoms with Crippen LogP contribution in [0.4, 0.5) is 11.5 Å². The number of methoxy groups -OCH3 is 2. The van der Waals surface area contributed by atoms with Crippen molar-refractivity contribution >= 4 is 11.5 Å². The first kappa shape index (κ1) is 13.5. The normalized spacial score (nSPS) is 16.5. The number of hydrogen-bond donors (Lipinski definition) is 1. The first-order chi connectivity index (χ1) is 9.12. The number of rotatable bonds is 6. The summed E-state index contributed by atoms with van der Waals surface area (Å²) in [4.78, 5) is 18.1. The van der Waals surface area contributed by atoms with Gasteiger partial charge in [-0.2, -0.15) is 4.98 Å². The molecule has 0 atom stereocenters. The largest absolute Gasteiger partial charge is 0.476 e. The second kappa shape index (κ2) is 5.35. The molecule has 0 aromatic carbocycles. The topological polar surface area (TPSA) is 99.4 Å². The van der Waals surface area contributed by atoms with Gasteiger partial charge in [-0.15, -0.1) is 0 Å². The van der Waals surface area contributed by atoms with E-state index in [1.54, 1.807) is 7.11 Å². The van der Waals surface area contributed by atoms with Crippen LogP contribution in [-0.4, -0.2) is 41.3 Å². The van der Waals surface area contributed by atoms with Crippen molar-refractivity contribution in [3.05, 3.63) is 16.4 Å². The van der Waals surface area contributed by atoms with Crippen molar-refractivity contribution in [1.82, 2.24) is 9.97 Å². The molecule has 0 spiro atoms. The fourth-order valence-electron chi connectivity index (χ4n) is 2.07. The molecule has 1 saturated carbocycles. The predicted octanol–water partition coefficient (Wildman–Crippen LogP) is 1.37. The second-order valence-corrected chi connectivity index (χ2v) is 4.43. The van der Waals surface area contributed by atoms with Crippen LogP contribution in [-0.2, 0) is 4.74 Å². The number of ether oxygens (including phenoxy) is 2. The molecule has 104 valence electrons. The van der Waals surface area contributed by atoms with Crippen LogP contribution in [0.15, 0.2) is 6.33 Å². The Hall–Kier alpha value is -1.96. The first-order valence-corrected chi connectivity index (χ1v) is 5.94. The molecule has 0 bridgehead atoms. The van der Waals surface area contributed by atoms with Crippen LogP contribution in [0.1, 0.15) is 19.3 Å². The molecule has 1 aliphatic rings. The minimum absolute atomic E-state index is 0.0532. The molecule has 8 nitrogen and oxygen atoms in total. The molecule has 1 aromatic heterocycles. The smallest absolute Gasteiger partial charge is 0.372 e. The highest BCUT2D eigenvalue weighted by atomic mass is 16.6. The SMILES string of the molecule is COc1ncnc(NCC2(OC)CCC2)c1[N+](=O)[O-]. The van der Waals surface area contributed by atoms with Crippen LogP contribution in [0.5, 0.6) is 5.88 Å². The zero-order valence-corrected chi connectivity index (χ0v) is 10.9. The van der Waals surface area contributed by atoms with Crippen molar-refractivity contribution in [2.45, 2.75) is 24.9 Å². The average Bonchev–Trinajstić information content (AvgIpc) is 2.37. The molecule has 0 radical (unpaired) electrons. The number of anilines is 1. The van der Waals surface area contributed by atoms with Gasteiger partial charge in [0.25, 0.3) is 5.88 Å². The van der Waals surface area contributed by atoms with Gasteiger partial charge in [-0.25, -0.2) is 4.98 Å². The van der Waals surface area contributed by atoms with E-state index < -0.39 is 4.92 Å². The van der Waals surface area contributed by atoms with Crippen molar-refractivity contribution < 1.29 is 14.4 Å². The standard InChI is InChI=1S/C11H16N4O4/c1-18-10-8(15(16)17)9(13-7-14-10)12-6-11(19-2)4-3-5-11/h7H,3-6H2,1-2H3,(H,12,13,14). The highest BCUT2D eigenvalue weighted by Crippen LogP contribution is 2.36. The van der Waals surface area contributed by atoms with Gasteiger partial charge >= 0.3 is 5.69 Å². The van der Waals surface area contributed by atoms with E-state index in [0.29, 0.717) is 6.54 Å². The number of aromatic nitrogens is 2. The maximum Gasteiger partial charge on any atom is 0.372 e. The summed E-state index contributed by atoms with van der Waals surface area (Å²) in [5, 5.41) is 14.0. The van der Waals surface area contributed by atoms with Crippen LogP contribution in [0, 0.1) is 10.1 Å². The summed E-state index contributed by atoms with van der Waals surface area (Å²) in [5.74, 6) is 0.0998. The van der Waals surface area contributed by atoms with Gasteiger partial charge < -0.3 is 14.8 Å². The van der Waals surface area contributed by atoms with Crippen LogP contribution in [0.3, 0.4) is 0 Å². The molecule has 1 aromatic rings. The Bertz CT molecular complexity index is 470. The highest BCUT2D eigenvalue weighted by molar-refractivity contribution is 5.61. The van der Waals surface area contributed by atoms with Crippen LogP contribution in [0.2, 0.25) is 0 Å². The van der Waals surface area contributed by atoms with E-state index in [-0.39, 0.29) is 23.0 Å². The average molecular weight is 268 g/mol. The molecule has 19 heavy (non-hydrogen) atoms. The van der Waals surface area contributed by atoms with Gasteiger partial charge in [-0.3, -0.25) is 10.1 Å². The van der Waals surface area contributed by atoms with E-state index >= 15 is 0 Å². The van der Waals surface area contributed by atoms with Gasteiger partial charge in [0.15, 0.2) is 0 Å². The maximum atomic E-state index is 11.1. The maximum absolute atomic E-state index is 11.1. The van der Waals surface area contributed by atoms with E-state index in [1.807, 2.05) is 0 Å². The lowest BCUT2D eigenvalue weighted by Crippen LogP contribution is -2.45. The van der Waals surface area contributed by atoms with Crippen molar-refractivity contribution in [3.8, 4) is 5.88 Å².